The molecule has 0 saturated carbocycles. The molecule has 218 valence electrons. The normalized spacial score (nSPS) is 18.8. The molecule has 0 saturated heterocycles. The number of Topliss-reactive ketones (excluding diaryl/α,β-unsaturated/α-hetero) is 1. The van der Waals surface area contributed by atoms with E-state index in [1.54, 1.807) is 20.1 Å². The van der Waals surface area contributed by atoms with Crippen molar-refractivity contribution in [1.82, 2.24) is 5.32 Å². The molecule has 0 radical (unpaired) electrons. The monoisotopic (exact) mass is 577 g/mol. The van der Waals surface area contributed by atoms with Crippen molar-refractivity contribution in [3.63, 3.8) is 0 Å². The smallest absolute Gasteiger partial charge is 0.416 e. The molecule has 1 aliphatic heterocycles. The van der Waals surface area contributed by atoms with Crippen molar-refractivity contribution in [2.75, 3.05) is 14.2 Å². The molecule has 42 heavy (non-hydrogen) atoms. The number of alkyl halides is 3. The van der Waals surface area contributed by atoms with E-state index in [0.29, 0.717) is 40.5 Å². The van der Waals surface area contributed by atoms with Gasteiger partial charge in [-0.25, -0.2) is 4.79 Å². The fourth-order valence-electron chi connectivity index (χ4n) is 5.65. The lowest BCUT2D eigenvalue weighted by atomic mass is 9.71. The SMILES string of the molecule is COc1ccc([C@H]2CC(=O)C3=C(C2)NC(C)=C(C(=O)OCc2ccccc2)[C@@H]3c2ccc(C(F)(F)F)cc2)cc1OC. The number of ether oxygens (including phenoxy) is 3. The van der Waals surface area contributed by atoms with E-state index < -0.39 is 23.6 Å². The predicted molar refractivity (Wildman–Crippen MR) is 150 cm³/mol. The summed E-state index contributed by atoms with van der Waals surface area (Å²) in [6.45, 7) is 1.72. The zero-order chi connectivity index (χ0) is 30.0. The first-order chi connectivity index (χ1) is 20.1. The predicted octanol–water partition coefficient (Wildman–Crippen LogP) is 6.83. The lowest BCUT2D eigenvalue weighted by Gasteiger charge is -2.37. The zero-order valence-electron chi connectivity index (χ0n) is 23.4. The molecule has 0 aromatic heterocycles. The van der Waals surface area contributed by atoms with E-state index in [9.17, 15) is 22.8 Å². The highest BCUT2D eigenvalue weighted by atomic mass is 19.4. The molecule has 0 unspecified atom stereocenters. The summed E-state index contributed by atoms with van der Waals surface area (Å²) in [5.41, 5.74) is 2.94. The van der Waals surface area contributed by atoms with Crippen molar-refractivity contribution in [3.05, 3.63) is 118 Å². The molecule has 1 aliphatic carbocycles. The zero-order valence-corrected chi connectivity index (χ0v) is 23.4. The van der Waals surface area contributed by atoms with Gasteiger partial charge in [-0.05, 0) is 60.2 Å². The first-order valence-electron chi connectivity index (χ1n) is 13.4. The van der Waals surface area contributed by atoms with Gasteiger partial charge >= 0.3 is 12.1 Å². The van der Waals surface area contributed by atoms with Crippen molar-refractivity contribution in [1.29, 1.82) is 0 Å². The Bertz CT molecular complexity index is 1560. The lowest BCUT2D eigenvalue weighted by Crippen LogP contribution is -2.36. The van der Waals surface area contributed by atoms with Crippen LogP contribution in [0.2, 0.25) is 0 Å². The summed E-state index contributed by atoms with van der Waals surface area (Å²) >= 11 is 0. The van der Waals surface area contributed by atoms with Crippen LogP contribution in [-0.2, 0) is 27.1 Å². The molecule has 0 bridgehead atoms. The maximum absolute atomic E-state index is 13.8. The van der Waals surface area contributed by atoms with Crippen molar-refractivity contribution < 1.29 is 37.0 Å². The highest BCUT2D eigenvalue weighted by Crippen LogP contribution is 2.47. The van der Waals surface area contributed by atoms with Crippen molar-refractivity contribution in [2.24, 2.45) is 0 Å². The van der Waals surface area contributed by atoms with Gasteiger partial charge in [-0.3, -0.25) is 4.79 Å². The van der Waals surface area contributed by atoms with E-state index in [0.717, 1.165) is 23.3 Å². The Balaban J connectivity index is 1.52. The molecule has 3 aromatic rings. The summed E-state index contributed by atoms with van der Waals surface area (Å²) in [5, 5.41) is 3.27. The standard InChI is InChI=1S/C33H30F3NO5/c1-19-29(32(39)42-18-20-7-5-4-6-8-20)30(21-9-12-24(13-10-21)33(34,35)36)31-25(37-19)15-23(16-26(31)38)22-11-14-27(40-2)28(17-22)41-3/h4-14,17,23,30,37H,15-16,18H2,1-3H3/t23-,30+/m1/s1. The summed E-state index contributed by atoms with van der Waals surface area (Å²) in [6, 6.07) is 19.3. The van der Waals surface area contributed by atoms with E-state index in [4.69, 9.17) is 14.2 Å². The maximum Gasteiger partial charge on any atom is 0.416 e. The Morgan fingerprint density at radius 1 is 0.905 bits per heavy atom. The van der Waals surface area contributed by atoms with Gasteiger partial charge in [-0.15, -0.1) is 0 Å². The van der Waals surface area contributed by atoms with Gasteiger partial charge in [0.2, 0.25) is 0 Å². The van der Waals surface area contributed by atoms with Crippen LogP contribution in [-0.4, -0.2) is 26.0 Å². The molecule has 2 atom stereocenters. The molecule has 0 spiro atoms. The third-order valence-corrected chi connectivity index (χ3v) is 7.71. The largest absolute Gasteiger partial charge is 0.493 e. The molecule has 1 N–H and O–H groups in total. The Morgan fingerprint density at radius 3 is 2.21 bits per heavy atom. The van der Waals surface area contributed by atoms with Crippen LogP contribution in [0, 0.1) is 0 Å². The summed E-state index contributed by atoms with van der Waals surface area (Å²) in [6.07, 6.45) is -3.91. The van der Waals surface area contributed by atoms with Crippen LogP contribution >= 0.6 is 0 Å². The van der Waals surface area contributed by atoms with Crippen LogP contribution in [0.5, 0.6) is 11.5 Å². The van der Waals surface area contributed by atoms with Crippen LogP contribution in [0.4, 0.5) is 13.2 Å². The van der Waals surface area contributed by atoms with Crippen LogP contribution in [0.25, 0.3) is 0 Å². The molecule has 1 heterocycles. The highest BCUT2D eigenvalue weighted by molar-refractivity contribution is 6.04. The van der Waals surface area contributed by atoms with Gasteiger partial charge in [0, 0.05) is 29.3 Å². The fourth-order valence-corrected chi connectivity index (χ4v) is 5.65. The van der Waals surface area contributed by atoms with Gasteiger partial charge in [0.1, 0.15) is 6.61 Å². The van der Waals surface area contributed by atoms with Gasteiger partial charge < -0.3 is 19.5 Å². The summed E-state index contributed by atoms with van der Waals surface area (Å²) in [4.78, 5) is 27.4. The third-order valence-electron chi connectivity index (χ3n) is 7.71. The van der Waals surface area contributed by atoms with Crippen LogP contribution in [0.3, 0.4) is 0 Å². The minimum atomic E-state index is -4.52. The molecule has 9 heteroatoms. The molecule has 6 nitrogen and oxygen atoms in total. The van der Waals surface area contributed by atoms with Gasteiger partial charge in [0.25, 0.3) is 0 Å². The van der Waals surface area contributed by atoms with Gasteiger partial charge in [-0.2, -0.15) is 13.2 Å². The second-order valence-corrected chi connectivity index (χ2v) is 10.3. The first kappa shape index (κ1) is 29.0. The minimum absolute atomic E-state index is 0.0113. The third kappa shape index (κ3) is 5.77. The number of methoxy groups -OCH3 is 2. The second kappa shape index (κ2) is 11.8. The number of hydrogen-bond donors (Lipinski definition) is 1. The van der Waals surface area contributed by atoms with Crippen LogP contribution < -0.4 is 14.8 Å². The van der Waals surface area contributed by atoms with Gasteiger partial charge in [0.15, 0.2) is 17.3 Å². The number of hydrogen-bond acceptors (Lipinski definition) is 6. The number of rotatable bonds is 7. The van der Waals surface area contributed by atoms with Gasteiger partial charge in [0.05, 0.1) is 25.4 Å². The van der Waals surface area contributed by atoms with Crippen molar-refractivity contribution >= 4 is 11.8 Å². The first-order valence-corrected chi connectivity index (χ1v) is 13.4. The summed E-state index contributed by atoms with van der Waals surface area (Å²) in [7, 11) is 3.09. The fraction of sp³-hybridized carbons (Fsp3) is 0.273. The number of nitrogens with one attached hydrogen (secondary N) is 1. The average Bonchev–Trinajstić information content (AvgIpc) is 2.98. The Labute approximate surface area is 241 Å². The summed E-state index contributed by atoms with van der Waals surface area (Å²) < 4.78 is 56.5. The number of allylic oxidation sites excluding steroid dienone is 3. The Morgan fingerprint density at radius 2 is 1.57 bits per heavy atom. The van der Waals surface area contributed by atoms with E-state index in [1.807, 2.05) is 42.5 Å². The molecular formula is C33H30F3NO5. The quantitative estimate of drug-likeness (QED) is 0.311. The van der Waals surface area contributed by atoms with E-state index in [-0.39, 0.29) is 30.3 Å². The summed E-state index contributed by atoms with van der Waals surface area (Å²) in [5.74, 6) is -0.800. The van der Waals surface area contributed by atoms with E-state index >= 15 is 0 Å². The number of ketones is 1. The second-order valence-electron chi connectivity index (χ2n) is 10.3. The highest BCUT2D eigenvalue weighted by Gasteiger charge is 2.42. The number of esters is 1. The number of halogens is 3. The number of dihydropyridines is 1. The van der Waals surface area contributed by atoms with Crippen LogP contribution in [0.15, 0.2) is 95.3 Å². The topological polar surface area (TPSA) is 73.9 Å². The lowest BCUT2D eigenvalue weighted by molar-refractivity contribution is -0.141. The molecular weight excluding hydrogens is 547 g/mol. The average molecular weight is 578 g/mol. The Hall–Kier alpha value is -4.53. The maximum atomic E-state index is 13.8. The van der Waals surface area contributed by atoms with Crippen molar-refractivity contribution in [2.45, 2.75) is 44.4 Å². The van der Waals surface area contributed by atoms with Crippen LogP contribution in [0.1, 0.15) is 53.9 Å². The van der Waals surface area contributed by atoms with E-state index in [2.05, 4.69) is 5.32 Å². The Kier molecular flexibility index (Phi) is 8.11. The molecule has 3 aromatic carbocycles. The minimum Gasteiger partial charge on any atom is -0.493 e. The number of benzene rings is 3. The molecule has 0 fully saturated rings. The molecule has 5 rings (SSSR count). The molecule has 2 aliphatic rings. The van der Waals surface area contributed by atoms with E-state index in [1.165, 1.54) is 19.2 Å². The van der Waals surface area contributed by atoms with Gasteiger partial charge in [-0.1, -0.05) is 48.5 Å². The van der Waals surface area contributed by atoms with Crippen molar-refractivity contribution in [3.8, 4) is 11.5 Å². The molecule has 0 amide bonds. The number of carbonyl (C=O) groups excluding carboxylic acids is 2. The number of carbonyl (C=O) groups is 2.